The summed E-state index contributed by atoms with van der Waals surface area (Å²) < 4.78 is 5.70. The highest BCUT2D eigenvalue weighted by molar-refractivity contribution is 5.53. The third-order valence-electron chi connectivity index (χ3n) is 2.27. The molecule has 1 aromatic carbocycles. The van der Waals surface area contributed by atoms with Gasteiger partial charge in [-0.2, -0.15) is 0 Å². The first-order valence-corrected chi connectivity index (χ1v) is 5.13. The number of rotatable bonds is 4. The molecule has 2 heteroatoms. The zero-order chi connectivity index (χ0) is 11.2. The Labute approximate surface area is 95.2 Å². The van der Waals surface area contributed by atoms with Crippen molar-refractivity contribution in [2.24, 2.45) is 0 Å². The van der Waals surface area contributed by atoms with Crippen LogP contribution in [0.25, 0.3) is 6.08 Å². The van der Waals surface area contributed by atoms with Crippen molar-refractivity contribution in [2.75, 3.05) is 0 Å². The number of benzene rings is 1. The molecule has 0 fully saturated rings. The molecule has 0 radical (unpaired) electrons. The monoisotopic (exact) mass is 211 g/mol. The average molecular weight is 211 g/mol. The molecule has 0 spiro atoms. The number of nitrogens with zero attached hydrogens (tertiary/aromatic N) is 1. The summed E-state index contributed by atoms with van der Waals surface area (Å²) in [4.78, 5) is 4.02. The number of pyridine rings is 1. The smallest absolute Gasteiger partial charge is 0.130 e. The van der Waals surface area contributed by atoms with Gasteiger partial charge in [-0.25, -0.2) is 0 Å². The van der Waals surface area contributed by atoms with E-state index < -0.39 is 0 Å². The van der Waals surface area contributed by atoms with Crippen molar-refractivity contribution >= 4 is 6.08 Å². The van der Waals surface area contributed by atoms with Gasteiger partial charge in [0.15, 0.2) is 0 Å². The molecule has 0 N–H and O–H groups in total. The Morgan fingerprint density at radius 2 is 2.00 bits per heavy atom. The summed E-state index contributed by atoms with van der Waals surface area (Å²) in [5.74, 6) is 0.814. The maximum absolute atomic E-state index is 5.70. The van der Waals surface area contributed by atoms with Crippen LogP contribution in [0.1, 0.15) is 11.1 Å². The van der Waals surface area contributed by atoms with Gasteiger partial charge in [-0.1, -0.05) is 43.0 Å². The molecule has 0 atom stereocenters. The topological polar surface area (TPSA) is 22.1 Å². The van der Waals surface area contributed by atoms with E-state index in [1.165, 1.54) is 0 Å². The third kappa shape index (κ3) is 2.48. The molecule has 2 aromatic rings. The number of hydrogen-bond donors (Lipinski definition) is 0. The summed E-state index contributed by atoms with van der Waals surface area (Å²) in [6, 6.07) is 11.9. The van der Waals surface area contributed by atoms with Crippen molar-refractivity contribution < 1.29 is 4.74 Å². The van der Waals surface area contributed by atoms with E-state index >= 15 is 0 Å². The summed E-state index contributed by atoms with van der Waals surface area (Å²) in [7, 11) is 0. The lowest BCUT2D eigenvalue weighted by Gasteiger charge is -2.08. The van der Waals surface area contributed by atoms with Crippen LogP contribution in [0.5, 0.6) is 5.75 Å². The molecule has 2 nitrogen and oxygen atoms in total. The van der Waals surface area contributed by atoms with Gasteiger partial charge in [0.05, 0.1) is 0 Å². The standard InChI is InChI=1S/C14H13NO/c1-2-13-10-15-9-8-14(13)16-11-12-6-4-3-5-7-12/h2-10H,1,11H2. The minimum absolute atomic E-state index is 0.561. The number of hydrogen-bond acceptors (Lipinski definition) is 2. The van der Waals surface area contributed by atoms with Crippen molar-refractivity contribution in [3.05, 3.63) is 66.5 Å². The van der Waals surface area contributed by atoms with E-state index in [4.69, 9.17) is 4.74 Å². The molecular formula is C14H13NO. The van der Waals surface area contributed by atoms with E-state index in [0.29, 0.717) is 6.61 Å². The van der Waals surface area contributed by atoms with Gasteiger partial charge < -0.3 is 4.74 Å². The maximum Gasteiger partial charge on any atom is 0.130 e. The Balaban J connectivity index is 2.08. The number of ether oxygens (including phenoxy) is 1. The van der Waals surface area contributed by atoms with E-state index in [2.05, 4.69) is 11.6 Å². The lowest BCUT2D eigenvalue weighted by atomic mass is 10.2. The summed E-state index contributed by atoms with van der Waals surface area (Å²) in [6.07, 6.45) is 5.20. The molecule has 0 aliphatic rings. The second-order valence-corrected chi connectivity index (χ2v) is 3.39. The van der Waals surface area contributed by atoms with Crippen LogP contribution in [0.15, 0.2) is 55.4 Å². The Bertz CT molecular complexity index is 465. The largest absolute Gasteiger partial charge is 0.488 e. The number of aromatic nitrogens is 1. The van der Waals surface area contributed by atoms with Gasteiger partial charge in [0, 0.05) is 18.0 Å². The molecule has 0 aliphatic carbocycles. The molecule has 0 saturated carbocycles. The van der Waals surface area contributed by atoms with Crippen LogP contribution >= 0.6 is 0 Å². The normalized spacial score (nSPS) is 9.75. The fourth-order valence-electron chi connectivity index (χ4n) is 1.41. The van der Waals surface area contributed by atoms with Gasteiger partial charge in [-0.05, 0) is 11.6 Å². The van der Waals surface area contributed by atoms with E-state index in [0.717, 1.165) is 16.9 Å². The molecule has 0 bridgehead atoms. The summed E-state index contributed by atoms with van der Waals surface area (Å²) in [5.41, 5.74) is 2.06. The first kappa shape index (κ1) is 10.4. The van der Waals surface area contributed by atoms with Gasteiger partial charge in [0.25, 0.3) is 0 Å². The highest BCUT2D eigenvalue weighted by Crippen LogP contribution is 2.18. The minimum Gasteiger partial charge on any atom is -0.488 e. The summed E-state index contributed by atoms with van der Waals surface area (Å²) in [6.45, 7) is 4.29. The first-order valence-electron chi connectivity index (χ1n) is 5.13. The zero-order valence-corrected chi connectivity index (χ0v) is 8.97. The van der Waals surface area contributed by atoms with Crippen molar-refractivity contribution in [2.45, 2.75) is 6.61 Å². The molecule has 16 heavy (non-hydrogen) atoms. The zero-order valence-electron chi connectivity index (χ0n) is 8.97. The van der Waals surface area contributed by atoms with Crippen LogP contribution in [0, 0.1) is 0 Å². The van der Waals surface area contributed by atoms with Gasteiger partial charge in [0.2, 0.25) is 0 Å². The van der Waals surface area contributed by atoms with Crippen molar-refractivity contribution in [1.29, 1.82) is 0 Å². The lowest BCUT2D eigenvalue weighted by molar-refractivity contribution is 0.305. The third-order valence-corrected chi connectivity index (χ3v) is 2.27. The highest BCUT2D eigenvalue weighted by Gasteiger charge is 1.99. The Morgan fingerprint density at radius 1 is 1.19 bits per heavy atom. The predicted molar refractivity (Wildman–Crippen MR) is 65.1 cm³/mol. The average Bonchev–Trinajstić information content (AvgIpc) is 2.38. The van der Waals surface area contributed by atoms with Crippen molar-refractivity contribution in [1.82, 2.24) is 4.98 Å². The van der Waals surface area contributed by atoms with Crippen LogP contribution in [-0.2, 0) is 6.61 Å². The minimum atomic E-state index is 0.561. The fourth-order valence-corrected chi connectivity index (χ4v) is 1.41. The lowest BCUT2D eigenvalue weighted by Crippen LogP contribution is -1.96. The Morgan fingerprint density at radius 3 is 2.75 bits per heavy atom. The molecule has 1 aromatic heterocycles. The van der Waals surface area contributed by atoms with Gasteiger partial charge in [-0.3, -0.25) is 4.98 Å². The van der Waals surface area contributed by atoms with Gasteiger partial charge >= 0.3 is 0 Å². The van der Waals surface area contributed by atoms with Crippen LogP contribution < -0.4 is 4.74 Å². The van der Waals surface area contributed by atoms with Crippen LogP contribution in [0.2, 0.25) is 0 Å². The van der Waals surface area contributed by atoms with Crippen molar-refractivity contribution in [3.63, 3.8) is 0 Å². The van der Waals surface area contributed by atoms with E-state index in [1.54, 1.807) is 18.5 Å². The molecule has 0 unspecified atom stereocenters. The van der Waals surface area contributed by atoms with Crippen LogP contribution in [0.3, 0.4) is 0 Å². The second-order valence-electron chi connectivity index (χ2n) is 3.39. The maximum atomic E-state index is 5.70. The predicted octanol–water partition coefficient (Wildman–Crippen LogP) is 3.30. The molecule has 80 valence electrons. The highest BCUT2D eigenvalue weighted by atomic mass is 16.5. The summed E-state index contributed by atoms with van der Waals surface area (Å²) >= 11 is 0. The van der Waals surface area contributed by atoms with Gasteiger partial charge in [0.1, 0.15) is 12.4 Å². The molecule has 0 amide bonds. The molecule has 0 aliphatic heterocycles. The fraction of sp³-hybridized carbons (Fsp3) is 0.0714. The molecule has 0 saturated heterocycles. The molecule has 1 heterocycles. The Kier molecular flexibility index (Phi) is 3.34. The van der Waals surface area contributed by atoms with Gasteiger partial charge in [-0.15, -0.1) is 0 Å². The quantitative estimate of drug-likeness (QED) is 0.774. The first-order chi connectivity index (χ1) is 7.90. The van der Waals surface area contributed by atoms with E-state index in [1.807, 2.05) is 36.4 Å². The van der Waals surface area contributed by atoms with E-state index in [9.17, 15) is 0 Å². The van der Waals surface area contributed by atoms with Crippen molar-refractivity contribution in [3.8, 4) is 5.75 Å². The SMILES string of the molecule is C=Cc1cnccc1OCc1ccccc1. The van der Waals surface area contributed by atoms with Crippen LogP contribution in [0.4, 0.5) is 0 Å². The Hall–Kier alpha value is -2.09. The molecular weight excluding hydrogens is 198 g/mol. The molecule has 2 rings (SSSR count). The second kappa shape index (κ2) is 5.12. The van der Waals surface area contributed by atoms with Crippen LogP contribution in [-0.4, -0.2) is 4.98 Å². The van der Waals surface area contributed by atoms with E-state index in [-0.39, 0.29) is 0 Å². The summed E-state index contributed by atoms with van der Waals surface area (Å²) in [5, 5.41) is 0.